The van der Waals surface area contributed by atoms with Crippen molar-refractivity contribution in [2.24, 2.45) is 0 Å². The number of anilines is 1. The van der Waals surface area contributed by atoms with Gasteiger partial charge in [-0.2, -0.15) is 9.67 Å². The van der Waals surface area contributed by atoms with Gasteiger partial charge >= 0.3 is 6.01 Å². The lowest BCUT2D eigenvalue weighted by Crippen LogP contribution is -2.19. The van der Waals surface area contributed by atoms with Crippen molar-refractivity contribution < 1.29 is 9.21 Å². The Hall–Kier alpha value is -4.02. The summed E-state index contributed by atoms with van der Waals surface area (Å²) in [5.74, 6) is -0.383. The molecule has 0 unspecified atom stereocenters. The number of nitrogens with one attached hydrogen (secondary N) is 1. The Labute approximate surface area is 146 Å². The topological polar surface area (TPSA) is 137 Å². The first-order valence-electron chi connectivity index (χ1n) is 7.46. The highest BCUT2D eigenvalue weighted by Crippen LogP contribution is 2.21. The van der Waals surface area contributed by atoms with E-state index in [0.29, 0.717) is 17.2 Å². The Morgan fingerprint density at radius 3 is 2.96 bits per heavy atom. The molecule has 0 aliphatic carbocycles. The second kappa shape index (κ2) is 6.47. The molecule has 1 amide bonds. The van der Waals surface area contributed by atoms with Crippen molar-refractivity contribution in [3.05, 3.63) is 54.6 Å². The number of pyridine rings is 1. The van der Waals surface area contributed by atoms with Crippen LogP contribution in [-0.4, -0.2) is 46.1 Å². The zero-order valence-electron chi connectivity index (χ0n) is 13.4. The zero-order valence-corrected chi connectivity index (χ0v) is 13.4. The molecule has 4 rings (SSSR count). The fourth-order valence-corrected chi connectivity index (χ4v) is 2.23. The van der Waals surface area contributed by atoms with Crippen molar-refractivity contribution in [1.82, 2.24) is 40.1 Å². The first-order chi connectivity index (χ1) is 12.7. The van der Waals surface area contributed by atoms with Crippen molar-refractivity contribution in [2.75, 3.05) is 5.32 Å². The lowest BCUT2D eigenvalue weighted by Gasteiger charge is -2.02. The minimum Gasteiger partial charge on any atom is -0.431 e. The highest BCUT2D eigenvalue weighted by Gasteiger charge is 2.20. The summed E-state index contributed by atoms with van der Waals surface area (Å²) in [6.45, 7) is 1.91. The predicted octanol–water partition coefficient (Wildman–Crippen LogP) is 1.06. The number of tetrazole rings is 1. The van der Waals surface area contributed by atoms with Crippen LogP contribution in [0.3, 0.4) is 0 Å². The van der Waals surface area contributed by atoms with Crippen molar-refractivity contribution in [3.8, 4) is 17.2 Å². The Balaban J connectivity index is 1.57. The molecule has 26 heavy (non-hydrogen) atoms. The van der Waals surface area contributed by atoms with Crippen LogP contribution in [0, 0.1) is 6.92 Å². The minimum absolute atomic E-state index is 0.00347. The largest absolute Gasteiger partial charge is 0.431 e. The molecule has 11 heteroatoms. The molecule has 4 aromatic heterocycles. The van der Waals surface area contributed by atoms with Crippen molar-refractivity contribution in [2.45, 2.75) is 6.92 Å². The zero-order chi connectivity index (χ0) is 17.9. The summed E-state index contributed by atoms with van der Waals surface area (Å²) in [4.78, 5) is 28.9. The van der Waals surface area contributed by atoms with Gasteiger partial charge in [0.15, 0.2) is 5.82 Å². The number of hydrogen-bond donors (Lipinski definition) is 1. The molecule has 0 spiro atoms. The maximum absolute atomic E-state index is 12.4. The van der Waals surface area contributed by atoms with Gasteiger partial charge in [0, 0.05) is 18.6 Å². The quantitative estimate of drug-likeness (QED) is 0.573. The van der Waals surface area contributed by atoms with E-state index in [1.54, 1.807) is 6.20 Å². The van der Waals surface area contributed by atoms with Gasteiger partial charge in [-0.1, -0.05) is 6.07 Å². The number of oxazole rings is 1. The summed E-state index contributed by atoms with van der Waals surface area (Å²) >= 11 is 0. The van der Waals surface area contributed by atoms with Gasteiger partial charge < -0.3 is 4.42 Å². The standard InChI is InChI=1S/C15H11N9O2/c1-9-3-2-4-18-12(9)10-8-26-15(19-10)20-14(25)13-21-22-23-24(13)11-7-16-5-6-17-11/h2-8H,1H3,(H,19,20,25). The average Bonchev–Trinajstić information content (AvgIpc) is 3.32. The molecule has 11 nitrogen and oxygen atoms in total. The van der Waals surface area contributed by atoms with Crippen molar-refractivity contribution in [3.63, 3.8) is 0 Å². The molecule has 4 aromatic rings. The molecule has 0 aliphatic heterocycles. The van der Waals surface area contributed by atoms with Gasteiger partial charge in [0.1, 0.15) is 12.0 Å². The molecule has 0 bridgehead atoms. The molecule has 0 aromatic carbocycles. The highest BCUT2D eigenvalue weighted by atomic mass is 16.4. The van der Waals surface area contributed by atoms with Crippen LogP contribution in [0.2, 0.25) is 0 Å². The molecule has 0 radical (unpaired) electrons. The molecule has 0 fully saturated rings. The average molecular weight is 349 g/mol. The number of carbonyl (C=O) groups excluding carboxylic acids is 1. The minimum atomic E-state index is -0.605. The highest BCUT2D eigenvalue weighted by molar-refractivity contribution is 6.00. The van der Waals surface area contributed by atoms with E-state index in [2.05, 4.69) is 40.8 Å². The number of hydrogen-bond acceptors (Lipinski definition) is 9. The van der Waals surface area contributed by atoms with E-state index in [-0.39, 0.29) is 11.8 Å². The predicted molar refractivity (Wildman–Crippen MR) is 87.2 cm³/mol. The molecule has 0 saturated heterocycles. The lowest BCUT2D eigenvalue weighted by atomic mass is 10.2. The second-order valence-corrected chi connectivity index (χ2v) is 5.14. The fraction of sp³-hybridized carbons (Fsp3) is 0.0667. The molecule has 0 atom stereocenters. The first-order valence-corrected chi connectivity index (χ1v) is 7.46. The molecule has 4 heterocycles. The normalized spacial score (nSPS) is 10.7. The number of aryl methyl sites for hydroxylation is 1. The molecular formula is C15H11N9O2. The fourth-order valence-electron chi connectivity index (χ4n) is 2.23. The number of carbonyl (C=O) groups is 1. The summed E-state index contributed by atoms with van der Waals surface area (Å²) in [6, 6.07) is 3.74. The van der Waals surface area contributed by atoms with Crippen LogP contribution >= 0.6 is 0 Å². The van der Waals surface area contributed by atoms with Crippen LogP contribution in [0.25, 0.3) is 17.2 Å². The lowest BCUT2D eigenvalue weighted by molar-refractivity contribution is 0.101. The van der Waals surface area contributed by atoms with Crippen LogP contribution in [0.1, 0.15) is 16.2 Å². The third-order valence-corrected chi connectivity index (χ3v) is 3.42. The molecular weight excluding hydrogens is 338 g/mol. The molecule has 0 aliphatic rings. The van der Waals surface area contributed by atoms with Gasteiger partial charge in [-0.3, -0.25) is 20.1 Å². The van der Waals surface area contributed by atoms with Gasteiger partial charge in [0.05, 0.1) is 11.9 Å². The summed E-state index contributed by atoms with van der Waals surface area (Å²) in [7, 11) is 0. The molecule has 0 saturated carbocycles. The van der Waals surface area contributed by atoms with Gasteiger partial charge in [-0.25, -0.2) is 4.98 Å². The Kier molecular flexibility index (Phi) is 3.86. The van der Waals surface area contributed by atoms with Gasteiger partial charge in [-0.15, -0.1) is 5.10 Å². The number of nitrogens with zero attached hydrogens (tertiary/aromatic N) is 8. The van der Waals surface area contributed by atoms with Crippen molar-refractivity contribution >= 4 is 11.9 Å². The Morgan fingerprint density at radius 1 is 1.23 bits per heavy atom. The van der Waals surface area contributed by atoms with E-state index in [1.165, 1.54) is 24.9 Å². The SMILES string of the molecule is Cc1cccnc1-c1coc(NC(=O)c2nnnn2-c2cnccn2)n1. The number of rotatable bonds is 4. The Bertz CT molecular complexity index is 1060. The van der Waals surface area contributed by atoms with E-state index in [9.17, 15) is 4.79 Å². The number of aromatic nitrogens is 8. The van der Waals surface area contributed by atoms with E-state index < -0.39 is 5.91 Å². The van der Waals surface area contributed by atoms with E-state index in [1.807, 2.05) is 19.1 Å². The van der Waals surface area contributed by atoms with Crippen molar-refractivity contribution in [1.29, 1.82) is 0 Å². The van der Waals surface area contributed by atoms with Gasteiger partial charge in [0.25, 0.3) is 5.91 Å². The van der Waals surface area contributed by atoms with Crippen LogP contribution in [-0.2, 0) is 0 Å². The molecule has 1 N–H and O–H groups in total. The van der Waals surface area contributed by atoms with Crippen LogP contribution in [0.5, 0.6) is 0 Å². The maximum atomic E-state index is 12.4. The first kappa shape index (κ1) is 15.5. The Morgan fingerprint density at radius 2 is 2.15 bits per heavy atom. The van der Waals surface area contributed by atoms with Crippen LogP contribution < -0.4 is 5.32 Å². The summed E-state index contributed by atoms with van der Waals surface area (Å²) in [5.41, 5.74) is 2.11. The van der Waals surface area contributed by atoms with Crippen LogP contribution in [0.4, 0.5) is 6.01 Å². The monoisotopic (exact) mass is 349 g/mol. The third-order valence-electron chi connectivity index (χ3n) is 3.42. The summed E-state index contributed by atoms with van der Waals surface area (Å²) in [6.07, 6.45) is 7.47. The van der Waals surface area contributed by atoms with Gasteiger partial charge in [-0.05, 0) is 29.0 Å². The smallest absolute Gasteiger partial charge is 0.302 e. The summed E-state index contributed by atoms with van der Waals surface area (Å²) in [5, 5.41) is 13.5. The third kappa shape index (κ3) is 2.88. The second-order valence-electron chi connectivity index (χ2n) is 5.14. The molecule has 128 valence electrons. The maximum Gasteiger partial charge on any atom is 0.302 e. The van der Waals surface area contributed by atoms with E-state index in [4.69, 9.17) is 4.42 Å². The summed E-state index contributed by atoms with van der Waals surface area (Å²) < 4.78 is 6.46. The van der Waals surface area contributed by atoms with E-state index >= 15 is 0 Å². The van der Waals surface area contributed by atoms with Crippen LogP contribution in [0.15, 0.2) is 47.6 Å². The van der Waals surface area contributed by atoms with Gasteiger partial charge in [0.2, 0.25) is 5.82 Å². The number of amides is 1. The van der Waals surface area contributed by atoms with E-state index in [0.717, 1.165) is 10.2 Å².